The van der Waals surface area contributed by atoms with Crippen molar-refractivity contribution in [1.82, 2.24) is 0 Å². The van der Waals surface area contributed by atoms with Crippen LogP contribution in [0.15, 0.2) is 0 Å². The molecule has 5 heteroatoms. The summed E-state index contributed by atoms with van der Waals surface area (Å²) in [5.74, 6) is -0.178. The number of hydrogen-bond acceptors (Lipinski definition) is 5. The first-order valence-electron chi connectivity index (χ1n) is 6.56. The van der Waals surface area contributed by atoms with Crippen LogP contribution in [0.4, 0.5) is 0 Å². The Hall–Kier alpha value is -0.650. The smallest absolute Gasteiger partial charge is 0.302 e. The van der Waals surface area contributed by atoms with Crippen molar-refractivity contribution in [2.45, 2.75) is 64.5 Å². The fourth-order valence-electron chi connectivity index (χ4n) is 3.52. The summed E-state index contributed by atoms with van der Waals surface area (Å²) in [6.45, 7) is 7.38. The minimum absolute atomic E-state index is 0.0411. The summed E-state index contributed by atoms with van der Waals surface area (Å²) in [5, 5.41) is 0. The van der Waals surface area contributed by atoms with Gasteiger partial charge in [0.15, 0.2) is 12.1 Å². The highest BCUT2D eigenvalue weighted by atomic mass is 16.8. The molecule has 0 N–H and O–H groups in total. The molecule has 0 bridgehead atoms. The lowest BCUT2D eigenvalue weighted by Gasteiger charge is -2.24. The molecule has 102 valence electrons. The van der Waals surface area contributed by atoms with Gasteiger partial charge in [0, 0.05) is 12.8 Å². The maximum atomic E-state index is 11.1. The Labute approximate surface area is 107 Å². The maximum Gasteiger partial charge on any atom is 0.302 e. The van der Waals surface area contributed by atoms with Gasteiger partial charge in [-0.2, -0.15) is 0 Å². The van der Waals surface area contributed by atoms with E-state index in [0.29, 0.717) is 5.92 Å². The molecule has 0 aromatic heterocycles. The lowest BCUT2D eigenvalue weighted by atomic mass is 9.92. The number of fused-ring (bicyclic) bond motifs is 3. The second-order valence-electron chi connectivity index (χ2n) is 6.01. The zero-order chi connectivity index (χ0) is 13.1. The molecule has 0 spiro atoms. The first kappa shape index (κ1) is 12.4. The van der Waals surface area contributed by atoms with Crippen molar-refractivity contribution < 1.29 is 23.7 Å². The predicted molar refractivity (Wildman–Crippen MR) is 61.5 cm³/mol. The largest absolute Gasteiger partial charge is 0.460 e. The lowest BCUT2D eigenvalue weighted by Crippen LogP contribution is -2.33. The summed E-state index contributed by atoms with van der Waals surface area (Å²) in [7, 11) is 0. The third-order valence-electron chi connectivity index (χ3n) is 4.08. The van der Waals surface area contributed by atoms with Gasteiger partial charge in [0.2, 0.25) is 0 Å². The molecule has 3 aliphatic rings. The minimum atomic E-state index is -0.584. The highest BCUT2D eigenvalue weighted by Gasteiger charge is 2.61. The molecule has 3 rings (SSSR count). The van der Waals surface area contributed by atoms with Crippen molar-refractivity contribution in [2.24, 2.45) is 11.8 Å². The molecule has 5 nitrogen and oxygen atoms in total. The van der Waals surface area contributed by atoms with Gasteiger partial charge >= 0.3 is 5.97 Å². The highest BCUT2D eigenvalue weighted by Crippen LogP contribution is 2.50. The van der Waals surface area contributed by atoms with Crippen LogP contribution in [0.1, 0.15) is 34.1 Å². The zero-order valence-corrected chi connectivity index (χ0v) is 11.2. The third kappa shape index (κ3) is 1.85. The summed E-state index contributed by atoms with van der Waals surface area (Å²) in [4.78, 5) is 11.1. The summed E-state index contributed by atoms with van der Waals surface area (Å²) >= 11 is 0. The molecule has 2 saturated heterocycles. The van der Waals surface area contributed by atoms with E-state index in [-0.39, 0.29) is 36.5 Å². The lowest BCUT2D eigenvalue weighted by molar-refractivity contribution is -0.218. The average Bonchev–Trinajstić information content (AvgIpc) is 2.75. The Bertz CT molecular complexity index is 366. The number of ether oxygens (including phenoxy) is 4. The highest BCUT2D eigenvalue weighted by molar-refractivity contribution is 5.66. The SMILES string of the molecule is CC(=O)O[C@@H]1C[C@H](C)[C@@H]2[C@H]3OC(C)(C)O[C@H]3O[C@@H]21. The van der Waals surface area contributed by atoms with E-state index in [1.54, 1.807) is 0 Å². The molecular weight excluding hydrogens is 236 g/mol. The van der Waals surface area contributed by atoms with E-state index < -0.39 is 5.79 Å². The molecule has 3 fully saturated rings. The van der Waals surface area contributed by atoms with Gasteiger partial charge in [-0.1, -0.05) is 6.92 Å². The van der Waals surface area contributed by atoms with Crippen LogP contribution < -0.4 is 0 Å². The topological polar surface area (TPSA) is 54.0 Å². The Morgan fingerprint density at radius 2 is 2.00 bits per heavy atom. The van der Waals surface area contributed by atoms with Crippen molar-refractivity contribution in [3.63, 3.8) is 0 Å². The molecular formula is C13H20O5. The predicted octanol–water partition coefficient (Wildman–Crippen LogP) is 1.45. The molecule has 18 heavy (non-hydrogen) atoms. The number of esters is 1. The van der Waals surface area contributed by atoms with Gasteiger partial charge in [0.25, 0.3) is 0 Å². The monoisotopic (exact) mass is 256 g/mol. The first-order valence-corrected chi connectivity index (χ1v) is 6.56. The van der Waals surface area contributed by atoms with Crippen LogP contribution in [-0.2, 0) is 23.7 Å². The molecule has 2 aliphatic heterocycles. The van der Waals surface area contributed by atoms with E-state index in [2.05, 4.69) is 6.92 Å². The molecule has 0 aromatic rings. The van der Waals surface area contributed by atoms with E-state index in [1.807, 2.05) is 13.8 Å². The Kier molecular flexibility index (Phi) is 2.70. The van der Waals surface area contributed by atoms with Crippen LogP contribution in [0, 0.1) is 11.8 Å². The quantitative estimate of drug-likeness (QED) is 0.665. The van der Waals surface area contributed by atoms with Crippen LogP contribution in [0.5, 0.6) is 0 Å². The van der Waals surface area contributed by atoms with Gasteiger partial charge in [0.1, 0.15) is 18.3 Å². The second kappa shape index (κ2) is 3.92. The molecule has 1 saturated carbocycles. The second-order valence-corrected chi connectivity index (χ2v) is 6.01. The minimum Gasteiger partial charge on any atom is -0.460 e. The van der Waals surface area contributed by atoms with E-state index in [4.69, 9.17) is 18.9 Å². The van der Waals surface area contributed by atoms with Crippen molar-refractivity contribution >= 4 is 5.97 Å². The van der Waals surface area contributed by atoms with Crippen molar-refractivity contribution in [2.75, 3.05) is 0 Å². The first-order chi connectivity index (χ1) is 8.37. The van der Waals surface area contributed by atoms with Gasteiger partial charge in [-0.25, -0.2) is 0 Å². The fourth-order valence-corrected chi connectivity index (χ4v) is 3.52. The Balaban J connectivity index is 1.77. The summed E-state index contributed by atoms with van der Waals surface area (Å²) in [6.07, 6.45) is 0.219. The molecule has 0 radical (unpaired) electrons. The van der Waals surface area contributed by atoms with E-state index in [0.717, 1.165) is 6.42 Å². The molecule has 1 aliphatic carbocycles. The van der Waals surface area contributed by atoms with Crippen LogP contribution >= 0.6 is 0 Å². The number of hydrogen-bond donors (Lipinski definition) is 0. The Morgan fingerprint density at radius 1 is 1.28 bits per heavy atom. The number of carbonyl (C=O) groups is 1. The van der Waals surface area contributed by atoms with Crippen LogP contribution in [0.3, 0.4) is 0 Å². The normalized spacial score (nSPS) is 48.9. The van der Waals surface area contributed by atoms with Crippen molar-refractivity contribution in [1.29, 1.82) is 0 Å². The summed E-state index contributed by atoms with van der Waals surface area (Å²) < 4.78 is 22.9. The fraction of sp³-hybridized carbons (Fsp3) is 0.923. The van der Waals surface area contributed by atoms with E-state index >= 15 is 0 Å². The van der Waals surface area contributed by atoms with Crippen molar-refractivity contribution in [3.8, 4) is 0 Å². The molecule has 6 atom stereocenters. The average molecular weight is 256 g/mol. The molecule has 0 aromatic carbocycles. The number of carbonyl (C=O) groups excluding carboxylic acids is 1. The summed E-state index contributed by atoms with van der Waals surface area (Å²) in [6, 6.07) is 0. The standard InChI is InChI=1S/C13H20O5/c1-6-5-8(15-7(2)14)10-9(6)11-12(16-10)18-13(3,4)17-11/h6,8-12H,5H2,1-4H3/t6-,8+,9-,10+,11+,12+/m0/s1. The zero-order valence-electron chi connectivity index (χ0n) is 11.2. The van der Waals surface area contributed by atoms with Crippen molar-refractivity contribution in [3.05, 3.63) is 0 Å². The summed E-state index contributed by atoms with van der Waals surface area (Å²) in [5.41, 5.74) is 0. The van der Waals surface area contributed by atoms with Crippen LogP contribution in [0.25, 0.3) is 0 Å². The van der Waals surface area contributed by atoms with Gasteiger partial charge in [-0.05, 0) is 26.2 Å². The van der Waals surface area contributed by atoms with E-state index in [9.17, 15) is 4.79 Å². The van der Waals surface area contributed by atoms with Gasteiger partial charge in [-0.15, -0.1) is 0 Å². The maximum absolute atomic E-state index is 11.1. The van der Waals surface area contributed by atoms with Crippen LogP contribution in [0.2, 0.25) is 0 Å². The Morgan fingerprint density at radius 3 is 2.67 bits per heavy atom. The van der Waals surface area contributed by atoms with E-state index in [1.165, 1.54) is 6.92 Å². The van der Waals surface area contributed by atoms with Crippen LogP contribution in [-0.4, -0.2) is 36.4 Å². The van der Waals surface area contributed by atoms with Gasteiger partial charge in [-0.3, -0.25) is 4.79 Å². The number of rotatable bonds is 1. The molecule has 0 amide bonds. The molecule has 2 heterocycles. The van der Waals surface area contributed by atoms with Gasteiger partial charge in [0.05, 0.1) is 0 Å². The molecule has 0 unspecified atom stereocenters. The third-order valence-corrected chi connectivity index (χ3v) is 4.08. The van der Waals surface area contributed by atoms with Gasteiger partial charge < -0.3 is 18.9 Å².